The Morgan fingerprint density at radius 3 is 1.33 bits per heavy atom. The van der Waals surface area contributed by atoms with E-state index in [-0.39, 0.29) is 52.5 Å². The van der Waals surface area contributed by atoms with Gasteiger partial charge in [-0.1, -0.05) is 23.3 Å². The number of hydrogen-bond acceptors (Lipinski definition) is 8. The van der Waals surface area contributed by atoms with E-state index in [9.17, 15) is 28.8 Å². The van der Waals surface area contributed by atoms with Crippen molar-refractivity contribution in [2.75, 3.05) is 23.7 Å². The minimum Gasteiger partial charge on any atom is -0.351 e. The van der Waals surface area contributed by atoms with Gasteiger partial charge in [0.15, 0.2) is 11.8 Å². The van der Waals surface area contributed by atoms with E-state index >= 15 is 0 Å². The van der Waals surface area contributed by atoms with Crippen LogP contribution in [0.1, 0.15) is 71.6 Å². The molecule has 2 aliphatic rings. The topological polar surface area (TPSA) is 183 Å². The molecule has 292 valence electrons. The summed E-state index contributed by atoms with van der Waals surface area (Å²) in [6.07, 6.45) is 2.67. The maximum Gasteiger partial charge on any atom is 0.248 e. The van der Waals surface area contributed by atoms with E-state index in [4.69, 9.17) is 0 Å². The summed E-state index contributed by atoms with van der Waals surface area (Å²) in [6, 6.07) is 22.0. The number of aromatic nitrogens is 2. The van der Waals surface area contributed by atoms with Crippen molar-refractivity contribution in [1.82, 2.24) is 30.4 Å². The molecule has 4 N–H and O–H groups in total. The van der Waals surface area contributed by atoms with E-state index in [1.807, 2.05) is 38.1 Å². The zero-order chi connectivity index (χ0) is 38.8. The van der Waals surface area contributed by atoms with Crippen LogP contribution in [0.25, 0.3) is 0 Å². The van der Waals surface area contributed by atoms with E-state index in [0.717, 1.165) is 24.2 Å². The van der Waals surface area contributed by atoms with Crippen LogP contribution in [0, 0.1) is 13.8 Å². The summed E-state index contributed by atoms with van der Waals surface area (Å²) in [5.74, 6) is -0.694. The van der Waals surface area contributed by atoms with Crippen molar-refractivity contribution in [2.24, 2.45) is 0 Å². The Hall–Kier alpha value is -5.66. The monoisotopic (exact) mass is 790 g/mol. The summed E-state index contributed by atoms with van der Waals surface area (Å²) in [4.78, 5) is 86.8. The largest absolute Gasteiger partial charge is 0.351 e. The second-order valence-electron chi connectivity index (χ2n) is 13.4. The number of likely N-dealkylation sites (tertiary alicyclic amines) is 2. The molecule has 0 spiro atoms. The second-order valence-corrected chi connectivity index (χ2v) is 13.4. The third-order valence-electron chi connectivity index (χ3n) is 9.24. The number of nitrogens with one attached hydrogen (secondary N) is 4. The third-order valence-corrected chi connectivity index (χ3v) is 9.24. The number of pyridine rings is 2. The van der Waals surface area contributed by atoms with Crippen LogP contribution in [0.5, 0.6) is 0 Å². The predicted molar refractivity (Wildman–Crippen MR) is 203 cm³/mol. The van der Waals surface area contributed by atoms with Crippen LogP contribution >= 0.6 is 0 Å². The van der Waals surface area contributed by atoms with Crippen molar-refractivity contribution in [2.45, 2.75) is 77.5 Å². The molecule has 4 atom stereocenters. The Kier molecular flexibility index (Phi) is 15.0. The molecule has 4 aromatic rings. The summed E-state index contributed by atoms with van der Waals surface area (Å²) in [5, 5.41) is 11.0. The molecule has 14 nitrogen and oxygen atoms in total. The van der Waals surface area contributed by atoms with Crippen LogP contribution in [-0.4, -0.2) is 92.5 Å². The Labute approximate surface area is 331 Å². The minimum absolute atomic E-state index is 0. The molecule has 0 saturated carbocycles. The van der Waals surface area contributed by atoms with Gasteiger partial charge in [-0.15, -0.1) is 0 Å². The van der Waals surface area contributed by atoms with Crippen LogP contribution < -0.4 is 21.3 Å². The minimum atomic E-state index is -0.710. The van der Waals surface area contributed by atoms with Crippen LogP contribution in [0.2, 0.25) is 0 Å². The van der Waals surface area contributed by atoms with Gasteiger partial charge in [0.25, 0.3) is 0 Å². The summed E-state index contributed by atoms with van der Waals surface area (Å²) in [6.45, 7) is 7.96. The summed E-state index contributed by atoms with van der Waals surface area (Å²) < 4.78 is 0. The fraction of sp³-hybridized carbons (Fsp3) is 0.350. The van der Waals surface area contributed by atoms with Crippen LogP contribution in [0.15, 0.2) is 84.9 Å². The average Bonchev–Trinajstić information content (AvgIpc) is 3.99. The van der Waals surface area contributed by atoms with Gasteiger partial charge in [-0.2, -0.15) is 24.3 Å². The Bertz CT molecular complexity index is 1810. The molecule has 6 rings (SSSR count). The summed E-state index contributed by atoms with van der Waals surface area (Å²) >= 11 is 0. The molecule has 2 aromatic heterocycles. The zero-order valence-corrected chi connectivity index (χ0v) is 32.3. The van der Waals surface area contributed by atoms with E-state index in [2.05, 4.69) is 31.2 Å². The number of aryl methyl sites for hydroxylation is 2. The Balaban J connectivity index is 0.000000240. The summed E-state index contributed by atoms with van der Waals surface area (Å²) in [7, 11) is 0. The first kappa shape index (κ1) is 42.1. The molecule has 55 heavy (non-hydrogen) atoms. The molecule has 2 aliphatic heterocycles. The number of amides is 6. The average molecular weight is 791 g/mol. The van der Waals surface area contributed by atoms with Gasteiger partial charge < -0.3 is 31.1 Å². The molecular weight excluding hydrogens is 744 g/mol. The van der Waals surface area contributed by atoms with Crippen molar-refractivity contribution in [3.05, 3.63) is 107 Å². The number of rotatable bonds is 10. The molecule has 2 aromatic carbocycles. The quantitative estimate of drug-likeness (QED) is 0.139. The number of hydrogen-bond donors (Lipinski definition) is 4. The van der Waals surface area contributed by atoms with Gasteiger partial charge in [0, 0.05) is 41.5 Å². The first-order chi connectivity index (χ1) is 25.9. The van der Waals surface area contributed by atoms with E-state index in [1.165, 1.54) is 0 Å². The molecule has 4 unspecified atom stereocenters. The van der Waals surface area contributed by atoms with Gasteiger partial charge in [0.1, 0.15) is 35.8 Å². The van der Waals surface area contributed by atoms with Gasteiger partial charge in [0.2, 0.25) is 23.6 Å². The number of anilines is 2. The van der Waals surface area contributed by atoms with E-state index < -0.39 is 24.2 Å². The molecule has 4 heterocycles. The predicted octanol–water partition coefficient (Wildman–Crippen LogP) is 3.71. The van der Waals surface area contributed by atoms with Crippen LogP contribution in [0.3, 0.4) is 0 Å². The molecule has 2 saturated heterocycles. The first-order valence-corrected chi connectivity index (χ1v) is 18.1. The number of carbonyl (C=O) groups excluding carboxylic acids is 6. The van der Waals surface area contributed by atoms with Gasteiger partial charge in [-0.3, -0.25) is 28.8 Å². The molecule has 15 heteroatoms. The van der Waals surface area contributed by atoms with Crippen LogP contribution in [0.4, 0.5) is 11.6 Å². The zero-order valence-electron chi connectivity index (χ0n) is 31.2. The van der Waals surface area contributed by atoms with Gasteiger partial charge in [-0.05, 0) is 77.6 Å². The maximum atomic E-state index is 12.8. The van der Waals surface area contributed by atoms with Crippen molar-refractivity contribution in [3.63, 3.8) is 0 Å². The standard InChI is InChI=1S/2C20H23N4O3.Fe/c2*1-13-7-5-11-17(21-13)23-19(26)16-10-6-12-24(16)20(27)14(2)22-18(25)15-8-3-4-9-15;/h2*3-5,7-9,11,14,16H,6,10,12H2,1-2H3,(H,22,25)(H,21,23,26);/q2*-1;. The smallest absolute Gasteiger partial charge is 0.248 e. The SMILES string of the molecule is Cc1cccc(NC(=O)C2CCCN2C(=O)C(C)NC(=O)[c-]2cccc2)n1.Cc1cccc(NC(=O)C2CCCN2C(=O)C(C)NC(=O)[c-]2cccc2)n1.[Fe]. The van der Waals surface area contributed by atoms with Crippen molar-refractivity contribution in [1.29, 1.82) is 0 Å². The molecule has 0 aliphatic carbocycles. The Morgan fingerprint density at radius 1 is 0.618 bits per heavy atom. The van der Waals surface area contributed by atoms with E-state index in [1.54, 1.807) is 84.3 Å². The van der Waals surface area contributed by atoms with E-state index in [0.29, 0.717) is 48.7 Å². The maximum absolute atomic E-state index is 12.8. The second kappa shape index (κ2) is 19.6. The van der Waals surface area contributed by atoms with Gasteiger partial charge in [-0.25, -0.2) is 34.2 Å². The van der Waals surface area contributed by atoms with Crippen molar-refractivity contribution < 1.29 is 45.8 Å². The fourth-order valence-electron chi connectivity index (χ4n) is 6.48. The molecule has 0 radical (unpaired) electrons. The molecular formula is C40H46FeN8O6-2. The molecule has 2 fully saturated rings. The first-order valence-electron chi connectivity index (χ1n) is 18.1. The number of carbonyl (C=O) groups is 6. The van der Waals surface area contributed by atoms with Crippen molar-refractivity contribution >= 4 is 47.1 Å². The normalized spacial score (nSPS) is 17.1. The Morgan fingerprint density at radius 2 is 0.982 bits per heavy atom. The number of nitrogens with zero attached hydrogens (tertiary/aromatic N) is 4. The molecule has 6 amide bonds. The fourth-order valence-corrected chi connectivity index (χ4v) is 6.48. The van der Waals surface area contributed by atoms with Crippen LogP contribution in [-0.2, 0) is 36.2 Å². The molecule has 0 bridgehead atoms. The van der Waals surface area contributed by atoms with Gasteiger partial charge in [0.05, 0.1) is 0 Å². The van der Waals surface area contributed by atoms with Gasteiger partial charge >= 0.3 is 0 Å². The van der Waals surface area contributed by atoms with Crippen molar-refractivity contribution in [3.8, 4) is 0 Å². The third kappa shape index (κ3) is 11.2. The summed E-state index contributed by atoms with van der Waals surface area (Å²) in [5.41, 5.74) is 2.62.